The molecule has 1 aromatic carbocycles. The average Bonchev–Trinajstić information content (AvgIpc) is 2.55. The Kier molecular flexibility index (Phi) is 6.05. The second-order valence-electron chi connectivity index (χ2n) is 4.90. The lowest BCUT2D eigenvalue weighted by molar-refractivity contribution is 0.253. The summed E-state index contributed by atoms with van der Waals surface area (Å²) in [5.74, 6) is 0.00656. The van der Waals surface area contributed by atoms with Gasteiger partial charge in [-0.2, -0.15) is 0 Å². The summed E-state index contributed by atoms with van der Waals surface area (Å²) in [6.45, 7) is 2.49. The van der Waals surface area contributed by atoms with E-state index in [1.807, 2.05) is 6.92 Å². The molecule has 0 aliphatic carbocycles. The molecule has 0 atom stereocenters. The summed E-state index contributed by atoms with van der Waals surface area (Å²) in [5, 5.41) is 19.3. The molecule has 6 heteroatoms. The number of aromatic hydroxyl groups is 1. The molecule has 0 saturated heterocycles. The fourth-order valence-electron chi connectivity index (χ4n) is 1.96. The largest absolute Gasteiger partial charge is 0.504 e. The van der Waals surface area contributed by atoms with Crippen LogP contribution in [-0.4, -0.2) is 23.4 Å². The van der Waals surface area contributed by atoms with Crippen LogP contribution in [0.25, 0.3) is 11.0 Å². The summed E-state index contributed by atoms with van der Waals surface area (Å²) < 4.78 is 15.8. The van der Waals surface area contributed by atoms with E-state index in [2.05, 4.69) is 0 Å². The van der Waals surface area contributed by atoms with Crippen LogP contribution in [0, 0.1) is 0 Å². The highest BCUT2D eigenvalue weighted by atomic mass is 16.5. The van der Waals surface area contributed by atoms with Gasteiger partial charge in [0.2, 0.25) is 0 Å². The number of benzene rings is 1. The van der Waals surface area contributed by atoms with Gasteiger partial charge in [0.05, 0.1) is 18.3 Å². The van der Waals surface area contributed by atoms with Gasteiger partial charge in [0.1, 0.15) is 11.3 Å². The number of hydrogen-bond acceptors (Lipinski definition) is 6. The van der Waals surface area contributed by atoms with Crippen molar-refractivity contribution in [3.05, 3.63) is 41.0 Å². The molecule has 124 valence electrons. The van der Waals surface area contributed by atoms with Gasteiger partial charge in [0.25, 0.3) is 5.75 Å². The molecule has 0 spiro atoms. The lowest BCUT2D eigenvalue weighted by Gasteiger charge is -2.08. The van der Waals surface area contributed by atoms with Crippen molar-refractivity contribution in [2.24, 2.45) is 0 Å². The summed E-state index contributed by atoms with van der Waals surface area (Å²) in [6.07, 6.45) is 5.18. The number of hydrogen-bond donors (Lipinski definition) is 2. The number of rotatable bonds is 8. The van der Waals surface area contributed by atoms with Crippen LogP contribution >= 0.6 is 0 Å². The zero-order valence-corrected chi connectivity index (χ0v) is 12.9. The van der Waals surface area contributed by atoms with Crippen molar-refractivity contribution in [1.29, 1.82) is 0 Å². The van der Waals surface area contributed by atoms with Crippen LogP contribution < -0.4 is 15.1 Å². The molecule has 1 heterocycles. The topological polar surface area (TPSA) is 89.1 Å². The molecule has 6 nitrogen and oxygen atoms in total. The van der Waals surface area contributed by atoms with E-state index in [0.29, 0.717) is 24.2 Å². The summed E-state index contributed by atoms with van der Waals surface area (Å²) >= 11 is 0. The normalized spacial score (nSPS) is 11.2. The van der Waals surface area contributed by atoms with Crippen molar-refractivity contribution < 1.29 is 24.1 Å². The van der Waals surface area contributed by atoms with Crippen molar-refractivity contribution in [3.63, 3.8) is 0 Å². The van der Waals surface area contributed by atoms with Gasteiger partial charge in [-0.05, 0) is 43.5 Å². The van der Waals surface area contributed by atoms with E-state index in [4.69, 9.17) is 19.0 Å². The molecule has 0 radical (unpaired) electrons. The Morgan fingerprint density at radius 2 is 2.13 bits per heavy atom. The van der Waals surface area contributed by atoms with Crippen LogP contribution in [0.5, 0.6) is 17.2 Å². The molecule has 2 aromatic rings. The molecule has 0 unspecified atom stereocenters. The molecule has 0 fully saturated rings. The first-order valence-corrected chi connectivity index (χ1v) is 7.52. The van der Waals surface area contributed by atoms with Gasteiger partial charge in [0.15, 0.2) is 5.75 Å². The van der Waals surface area contributed by atoms with Gasteiger partial charge < -0.3 is 24.1 Å². The van der Waals surface area contributed by atoms with Gasteiger partial charge in [-0.25, -0.2) is 4.79 Å². The van der Waals surface area contributed by atoms with Crippen LogP contribution in [-0.2, 0) is 0 Å². The number of fused-ring (bicyclic) bond motifs is 1. The molecule has 0 aliphatic heterocycles. The Morgan fingerprint density at radius 1 is 1.30 bits per heavy atom. The second kappa shape index (κ2) is 8.24. The minimum Gasteiger partial charge on any atom is -0.504 e. The standard InChI is InChI=1S/C17H20O6/c1-2-3-9-22-16-15(19)13-11-12(21-10-5-4-8-18)6-7-14(13)23-17(16)20/h3,6-7,9,11,18-19H,2,4-5,8,10H2,1H3/b9-3+. The lowest BCUT2D eigenvalue weighted by Crippen LogP contribution is -2.04. The molecule has 0 bridgehead atoms. The molecular formula is C17H20O6. The number of ether oxygens (including phenoxy) is 2. The number of aliphatic hydroxyl groups excluding tert-OH is 1. The van der Waals surface area contributed by atoms with Crippen LogP contribution in [0.4, 0.5) is 0 Å². The molecule has 1 aromatic heterocycles. The SMILES string of the molecule is CC/C=C/Oc1c(O)c2cc(OCCCCO)ccc2oc1=O. The summed E-state index contributed by atoms with van der Waals surface area (Å²) in [5.41, 5.74) is -0.491. The molecular weight excluding hydrogens is 300 g/mol. The van der Waals surface area contributed by atoms with Gasteiger partial charge in [-0.15, -0.1) is 0 Å². The third-order valence-corrected chi connectivity index (χ3v) is 3.15. The Morgan fingerprint density at radius 3 is 2.87 bits per heavy atom. The molecule has 2 N–H and O–H groups in total. The summed E-state index contributed by atoms with van der Waals surface area (Å²) in [6, 6.07) is 4.80. The van der Waals surface area contributed by atoms with Gasteiger partial charge in [-0.3, -0.25) is 0 Å². The third kappa shape index (κ3) is 4.26. The van der Waals surface area contributed by atoms with E-state index in [1.165, 1.54) is 6.26 Å². The van der Waals surface area contributed by atoms with Crippen molar-refractivity contribution in [3.8, 4) is 17.2 Å². The Hall–Kier alpha value is -2.47. The van der Waals surface area contributed by atoms with Gasteiger partial charge >= 0.3 is 5.63 Å². The predicted octanol–water partition coefficient (Wildman–Crippen LogP) is 2.95. The van der Waals surface area contributed by atoms with E-state index < -0.39 is 5.63 Å². The van der Waals surface area contributed by atoms with E-state index in [-0.39, 0.29) is 23.7 Å². The highest BCUT2D eigenvalue weighted by Gasteiger charge is 2.15. The Balaban J connectivity index is 2.28. The molecule has 0 saturated carbocycles. The zero-order chi connectivity index (χ0) is 16.7. The second-order valence-corrected chi connectivity index (χ2v) is 4.90. The maximum absolute atomic E-state index is 11.8. The minimum absolute atomic E-state index is 0.124. The number of allylic oxidation sites excluding steroid dienone is 1. The van der Waals surface area contributed by atoms with Crippen LogP contribution in [0.3, 0.4) is 0 Å². The first-order chi connectivity index (χ1) is 11.2. The van der Waals surface area contributed by atoms with Gasteiger partial charge in [0, 0.05) is 6.61 Å². The summed E-state index contributed by atoms with van der Waals surface area (Å²) in [7, 11) is 0. The predicted molar refractivity (Wildman–Crippen MR) is 86.0 cm³/mol. The van der Waals surface area contributed by atoms with E-state index in [1.54, 1.807) is 24.3 Å². The molecule has 0 amide bonds. The Labute approximate surface area is 133 Å². The van der Waals surface area contributed by atoms with Crippen LogP contribution in [0.15, 0.2) is 39.7 Å². The third-order valence-electron chi connectivity index (χ3n) is 3.15. The fourth-order valence-corrected chi connectivity index (χ4v) is 1.96. The monoisotopic (exact) mass is 320 g/mol. The molecule has 0 aliphatic rings. The van der Waals surface area contributed by atoms with E-state index >= 15 is 0 Å². The van der Waals surface area contributed by atoms with Crippen LogP contribution in [0.2, 0.25) is 0 Å². The van der Waals surface area contributed by atoms with E-state index in [0.717, 1.165) is 12.8 Å². The Bertz CT molecular complexity index is 732. The number of unbranched alkanes of at least 4 members (excludes halogenated alkanes) is 1. The smallest absolute Gasteiger partial charge is 0.383 e. The minimum atomic E-state index is -0.743. The first-order valence-electron chi connectivity index (χ1n) is 7.52. The average molecular weight is 320 g/mol. The molecule has 2 rings (SSSR count). The summed E-state index contributed by atoms with van der Waals surface area (Å²) in [4.78, 5) is 11.8. The zero-order valence-electron chi connectivity index (χ0n) is 12.9. The molecule has 23 heavy (non-hydrogen) atoms. The highest BCUT2D eigenvalue weighted by molar-refractivity contribution is 5.86. The maximum atomic E-state index is 11.8. The fraction of sp³-hybridized carbons (Fsp3) is 0.353. The van der Waals surface area contributed by atoms with Crippen molar-refractivity contribution in [1.82, 2.24) is 0 Å². The highest BCUT2D eigenvalue weighted by Crippen LogP contribution is 2.33. The van der Waals surface area contributed by atoms with Crippen LogP contribution in [0.1, 0.15) is 26.2 Å². The lowest BCUT2D eigenvalue weighted by atomic mass is 10.2. The van der Waals surface area contributed by atoms with Crippen molar-refractivity contribution in [2.45, 2.75) is 26.2 Å². The first kappa shape index (κ1) is 16.9. The van der Waals surface area contributed by atoms with E-state index in [9.17, 15) is 9.90 Å². The maximum Gasteiger partial charge on any atom is 0.383 e. The van der Waals surface area contributed by atoms with Crippen molar-refractivity contribution in [2.75, 3.05) is 13.2 Å². The quantitative estimate of drug-likeness (QED) is 0.441. The number of aliphatic hydroxyl groups is 1. The van der Waals surface area contributed by atoms with Gasteiger partial charge in [-0.1, -0.05) is 6.92 Å². The van der Waals surface area contributed by atoms with Crippen molar-refractivity contribution >= 4 is 11.0 Å².